The van der Waals surface area contributed by atoms with Crippen LogP contribution in [0.25, 0.3) is 0 Å². The van der Waals surface area contributed by atoms with Crippen molar-refractivity contribution in [2.24, 2.45) is 0 Å². The number of carbonyl (C=O) groups is 3. The Kier molecular flexibility index (Phi) is 6.99. The molecule has 0 bridgehead atoms. The van der Waals surface area contributed by atoms with Crippen molar-refractivity contribution in [3.63, 3.8) is 0 Å². The molecule has 3 N–H and O–H groups in total. The molecule has 0 radical (unpaired) electrons. The first-order chi connectivity index (χ1) is 12.4. The Hall–Kier alpha value is -3.06. The van der Waals surface area contributed by atoms with Gasteiger partial charge in [-0.3, -0.25) is 9.59 Å². The molecular formula is C19H18N2O4S. The molecule has 26 heavy (non-hydrogen) atoms. The van der Waals surface area contributed by atoms with Crippen LogP contribution in [0.4, 0.5) is 11.4 Å². The first-order valence-electron chi connectivity index (χ1n) is 7.78. The number of hydrogen-bond donors (Lipinski definition) is 3. The van der Waals surface area contributed by atoms with E-state index in [1.54, 1.807) is 24.3 Å². The monoisotopic (exact) mass is 370 g/mol. The Bertz CT molecular complexity index is 804. The summed E-state index contributed by atoms with van der Waals surface area (Å²) in [6, 6.07) is 16.2. The third kappa shape index (κ3) is 6.45. The first kappa shape index (κ1) is 19.3. The second kappa shape index (κ2) is 9.43. The number of carboxylic acid groups (broad SMARTS) is 1. The van der Waals surface area contributed by atoms with Gasteiger partial charge in [0.1, 0.15) is 0 Å². The van der Waals surface area contributed by atoms with Gasteiger partial charge in [0.2, 0.25) is 11.8 Å². The fourth-order valence-corrected chi connectivity index (χ4v) is 2.84. The van der Waals surface area contributed by atoms with Gasteiger partial charge in [0.25, 0.3) is 0 Å². The number of hydrogen-bond acceptors (Lipinski definition) is 4. The van der Waals surface area contributed by atoms with Gasteiger partial charge in [-0.05, 0) is 43.3 Å². The molecule has 0 fully saturated rings. The van der Waals surface area contributed by atoms with E-state index in [0.717, 1.165) is 22.7 Å². The quantitative estimate of drug-likeness (QED) is 0.513. The van der Waals surface area contributed by atoms with E-state index in [-0.39, 0.29) is 11.2 Å². The summed E-state index contributed by atoms with van der Waals surface area (Å²) in [5.41, 5.74) is 1.29. The fourth-order valence-electron chi connectivity index (χ4n) is 1.97. The minimum atomic E-state index is -1.19. The Labute approximate surface area is 155 Å². The molecule has 0 saturated carbocycles. The molecule has 7 heteroatoms. The van der Waals surface area contributed by atoms with Crippen LogP contribution >= 0.6 is 11.8 Å². The average Bonchev–Trinajstić information content (AvgIpc) is 2.62. The van der Waals surface area contributed by atoms with Crippen LogP contribution in [0, 0.1) is 0 Å². The predicted octanol–water partition coefficient (Wildman–Crippen LogP) is 3.39. The Balaban J connectivity index is 1.88. The van der Waals surface area contributed by atoms with Gasteiger partial charge >= 0.3 is 5.97 Å². The number of amides is 2. The van der Waals surface area contributed by atoms with Gasteiger partial charge in [-0.25, -0.2) is 4.79 Å². The third-order valence-corrected chi connectivity index (χ3v) is 4.33. The zero-order valence-electron chi connectivity index (χ0n) is 14.0. The van der Waals surface area contributed by atoms with Crippen LogP contribution in [-0.2, 0) is 14.4 Å². The number of nitrogens with one attached hydrogen (secondary N) is 2. The second-order valence-corrected chi connectivity index (χ2v) is 6.71. The van der Waals surface area contributed by atoms with Crippen LogP contribution in [0.2, 0.25) is 0 Å². The lowest BCUT2D eigenvalue weighted by atomic mass is 10.3. The summed E-state index contributed by atoms with van der Waals surface area (Å²) in [6.45, 7) is 1.81. The third-order valence-electron chi connectivity index (χ3n) is 3.22. The molecule has 0 saturated heterocycles. The van der Waals surface area contributed by atoms with Crippen molar-refractivity contribution < 1.29 is 19.5 Å². The highest BCUT2D eigenvalue weighted by Gasteiger charge is 2.14. The summed E-state index contributed by atoms with van der Waals surface area (Å²) < 4.78 is 0. The van der Waals surface area contributed by atoms with Crippen molar-refractivity contribution in [1.29, 1.82) is 0 Å². The largest absolute Gasteiger partial charge is 0.478 e. The highest BCUT2D eigenvalue weighted by molar-refractivity contribution is 8.00. The van der Waals surface area contributed by atoms with E-state index in [4.69, 9.17) is 5.11 Å². The molecule has 1 atom stereocenters. The van der Waals surface area contributed by atoms with Gasteiger partial charge in [0, 0.05) is 28.4 Å². The van der Waals surface area contributed by atoms with Crippen LogP contribution < -0.4 is 10.6 Å². The van der Waals surface area contributed by atoms with E-state index >= 15 is 0 Å². The predicted molar refractivity (Wildman–Crippen MR) is 102 cm³/mol. The summed E-state index contributed by atoms with van der Waals surface area (Å²) in [4.78, 5) is 35.0. The highest BCUT2D eigenvalue weighted by Crippen LogP contribution is 2.25. The van der Waals surface area contributed by atoms with E-state index in [0.29, 0.717) is 5.69 Å². The number of benzene rings is 2. The smallest absolute Gasteiger partial charge is 0.328 e. The van der Waals surface area contributed by atoms with Crippen molar-refractivity contribution in [2.45, 2.75) is 17.1 Å². The lowest BCUT2D eigenvalue weighted by Gasteiger charge is -2.12. The molecule has 0 aliphatic carbocycles. The molecular weight excluding hydrogens is 352 g/mol. The van der Waals surface area contributed by atoms with Gasteiger partial charge in [-0.2, -0.15) is 0 Å². The van der Waals surface area contributed by atoms with Crippen LogP contribution in [-0.4, -0.2) is 28.1 Å². The number of aliphatic carboxylic acids is 1. The Morgan fingerprint density at radius 3 is 2.15 bits per heavy atom. The molecule has 1 unspecified atom stereocenters. The molecule has 0 heterocycles. The number of anilines is 2. The maximum Gasteiger partial charge on any atom is 0.328 e. The van der Waals surface area contributed by atoms with Crippen molar-refractivity contribution in [1.82, 2.24) is 0 Å². The second-order valence-electron chi connectivity index (χ2n) is 5.30. The van der Waals surface area contributed by atoms with Gasteiger partial charge in [-0.1, -0.05) is 18.2 Å². The van der Waals surface area contributed by atoms with Gasteiger partial charge in [0.15, 0.2) is 0 Å². The molecule has 0 aliphatic rings. The summed E-state index contributed by atoms with van der Waals surface area (Å²) in [6.07, 6.45) is 1.72. The highest BCUT2D eigenvalue weighted by atomic mass is 32.2. The molecule has 2 amide bonds. The minimum Gasteiger partial charge on any atom is -0.478 e. The SMILES string of the molecule is CC(Sc1ccc(NC(=O)/C=C/C(=O)O)cc1)C(=O)Nc1ccccc1. The average molecular weight is 370 g/mol. The zero-order chi connectivity index (χ0) is 18.9. The van der Waals surface area contributed by atoms with Crippen LogP contribution in [0.3, 0.4) is 0 Å². The molecule has 2 aromatic carbocycles. The molecule has 2 rings (SSSR count). The number of carboxylic acids is 1. The summed E-state index contributed by atoms with van der Waals surface area (Å²) in [5.74, 6) is -1.81. The van der Waals surface area contributed by atoms with E-state index in [1.165, 1.54) is 11.8 Å². The topological polar surface area (TPSA) is 95.5 Å². The van der Waals surface area contributed by atoms with Gasteiger partial charge < -0.3 is 15.7 Å². The maximum absolute atomic E-state index is 12.2. The molecule has 6 nitrogen and oxygen atoms in total. The maximum atomic E-state index is 12.2. The van der Waals surface area contributed by atoms with Crippen molar-refractivity contribution in [3.8, 4) is 0 Å². The first-order valence-corrected chi connectivity index (χ1v) is 8.66. The van der Waals surface area contributed by atoms with E-state index in [9.17, 15) is 14.4 Å². The molecule has 134 valence electrons. The minimum absolute atomic E-state index is 0.0996. The zero-order valence-corrected chi connectivity index (χ0v) is 14.8. The number of rotatable bonds is 7. The van der Waals surface area contributed by atoms with Crippen molar-refractivity contribution in [2.75, 3.05) is 10.6 Å². The Morgan fingerprint density at radius 2 is 1.54 bits per heavy atom. The van der Waals surface area contributed by atoms with Gasteiger partial charge in [-0.15, -0.1) is 11.8 Å². The molecule has 0 spiro atoms. The normalized spacial score (nSPS) is 11.7. The van der Waals surface area contributed by atoms with Crippen LogP contribution in [0.5, 0.6) is 0 Å². The summed E-state index contributed by atoms with van der Waals surface area (Å²) >= 11 is 1.40. The Morgan fingerprint density at radius 1 is 0.923 bits per heavy atom. The molecule has 0 aliphatic heterocycles. The summed E-state index contributed by atoms with van der Waals surface area (Å²) in [5, 5.41) is 13.6. The van der Waals surface area contributed by atoms with Crippen molar-refractivity contribution >= 4 is 40.9 Å². The standard InChI is InChI=1S/C19H18N2O4S/c1-13(19(25)21-14-5-3-2-4-6-14)26-16-9-7-15(8-10-16)20-17(22)11-12-18(23)24/h2-13H,1H3,(H,20,22)(H,21,25)(H,23,24)/b12-11+. The van der Waals surface area contributed by atoms with Crippen molar-refractivity contribution in [3.05, 3.63) is 66.7 Å². The fraction of sp³-hybridized carbons (Fsp3) is 0.105. The number of para-hydroxylation sites is 1. The van der Waals surface area contributed by atoms with Gasteiger partial charge in [0.05, 0.1) is 5.25 Å². The van der Waals surface area contributed by atoms with Crippen LogP contribution in [0.15, 0.2) is 71.6 Å². The number of carbonyl (C=O) groups excluding carboxylic acids is 2. The van der Waals surface area contributed by atoms with E-state index < -0.39 is 11.9 Å². The number of thioether (sulfide) groups is 1. The lowest BCUT2D eigenvalue weighted by molar-refractivity contribution is -0.131. The molecule has 0 aromatic heterocycles. The lowest BCUT2D eigenvalue weighted by Crippen LogP contribution is -2.22. The van der Waals surface area contributed by atoms with E-state index in [2.05, 4.69) is 10.6 Å². The summed E-state index contributed by atoms with van der Waals surface area (Å²) in [7, 11) is 0. The van der Waals surface area contributed by atoms with E-state index in [1.807, 2.05) is 37.3 Å². The molecule has 2 aromatic rings. The van der Waals surface area contributed by atoms with Crippen LogP contribution in [0.1, 0.15) is 6.92 Å².